The van der Waals surface area contributed by atoms with Crippen molar-refractivity contribution in [3.8, 4) is 0 Å². The van der Waals surface area contributed by atoms with Crippen LogP contribution in [0.2, 0.25) is 0 Å². The number of aldehydes is 1. The summed E-state index contributed by atoms with van der Waals surface area (Å²) < 4.78 is 35.8. The van der Waals surface area contributed by atoms with Crippen LogP contribution in [0, 0.1) is 0 Å². The maximum Gasteiger partial charge on any atom is 0.443 e. The standard InChI is InChI=1S/C6H4F3NO2S/c7-6(8,9)5-10-1-4(13-5)3(12)2-11/h1-3,12H. The number of carbonyl (C=O) groups is 1. The van der Waals surface area contributed by atoms with E-state index in [9.17, 15) is 18.0 Å². The lowest BCUT2D eigenvalue weighted by Gasteiger charge is -1.99. The SMILES string of the molecule is O=CC(O)c1cnc(C(F)(F)F)s1. The van der Waals surface area contributed by atoms with Gasteiger partial charge in [-0.3, -0.25) is 0 Å². The van der Waals surface area contributed by atoms with Crippen molar-refractivity contribution in [2.45, 2.75) is 12.3 Å². The number of nitrogens with zero attached hydrogens (tertiary/aromatic N) is 1. The fraction of sp³-hybridized carbons (Fsp3) is 0.333. The van der Waals surface area contributed by atoms with E-state index in [1.54, 1.807) is 0 Å². The Bertz CT molecular complexity index is 309. The van der Waals surface area contributed by atoms with E-state index in [1.807, 2.05) is 0 Å². The number of hydrogen-bond donors (Lipinski definition) is 1. The van der Waals surface area contributed by atoms with Crippen LogP contribution < -0.4 is 0 Å². The van der Waals surface area contributed by atoms with Crippen LogP contribution in [0.15, 0.2) is 6.20 Å². The van der Waals surface area contributed by atoms with E-state index >= 15 is 0 Å². The lowest BCUT2D eigenvalue weighted by Crippen LogP contribution is -2.03. The average Bonchev–Trinajstić information content (AvgIpc) is 2.50. The van der Waals surface area contributed by atoms with Gasteiger partial charge in [0.2, 0.25) is 0 Å². The highest BCUT2D eigenvalue weighted by atomic mass is 32.1. The summed E-state index contributed by atoms with van der Waals surface area (Å²) >= 11 is 0.255. The van der Waals surface area contributed by atoms with Crippen LogP contribution in [-0.2, 0) is 11.0 Å². The molecule has 0 aliphatic rings. The number of aromatic nitrogens is 1. The van der Waals surface area contributed by atoms with Gasteiger partial charge in [0.15, 0.2) is 11.3 Å². The van der Waals surface area contributed by atoms with Gasteiger partial charge in [0.05, 0.1) is 4.88 Å². The Kier molecular flexibility index (Phi) is 2.67. The molecule has 0 saturated carbocycles. The molecule has 0 saturated heterocycles. The largest absolute Gasteiger partial charge is 0.443 e. The summed E-state index contributed by atoms with van der Waals surface area (Å²) in [4.78, 5) is 12.9. The zero-order valence-corrected chi connectivity index (χ0v) is 6.89. The number of rotatable bonds is 2. The lowest BCUT2D eigenvalue weighted by atomic mass is 10.3. The van der Waals surface area contributed by atoms with E-state index < -0.39 is 17.3 Å². The first-order valence-electron chi connectivity index (χ1n) is 3.11. The van der Waals surface area contributed by atoms with Crippen LogP contribution in [-0.4, -0.2) is 16.4 Å². The molecule has 1 heterocycles. The van der Waals surface area contributed by atoms with Gasteiger partial charge in [0, 0.05) is 6.20 Å². The Balaban J connectivity index is 2.93. The van der Waals surface area contributed by atoms with Crippen LogP contribution in [0.3, 0.4) is 0 Å². The van der Waals surface area contributed by atoms with Crippen molar-refractivity contribution in [1.29, 1.82) is 0 Å². The van der Waals surface area contributed by atoms with Gasteiger partial charge in [0.25, 0.3) is 0 Å². The maximum absolute atomic E-state index is 11.9. The van der Waals surface area contributed by atoms with Gasteiger partial charge in [-0.1, -0.05) is 0 Å². The van der Waals surface area contributed by atoms with Crippen LogP contribution >= 0.6 is 11.3 Å². The molecule has 0 radical (unpaired) electrons. The first-order valence-corrected chi connectivity index (χ1v) is 3.93. The summed E-state index contributed by atoms with van der Waals surface area (Å²) in [7, 11) is 0. The first-order chi connectivity index (χ1) is 5.95. The average molecular weight is 211 g/mol. The highest BCUT2D eigenvalue weighted by Crippen LogP contribution is 2.33. The maximum atomic E-state index is 11.9. The van der Waals surface area contributed by atoms with E-state index in [4.69, 9.17) is 5.11 Å². The predicted octanol–water partition coefficient (Wildman–Crippen LogP) is 1.39. The molecule has 3 nitrogen and oxygen atoms in total. The number of thiazole rings is 1. The molecule has 0 bridgehead atoms. The summed E-state index contributed by atoms with van der Waals surface area (Å²) in [5, 5.41) is 7.78. The van der Waals surface area contributed by atoms with Crippen molar-refractivity contribution < 1.29 is 23.1 Å². The molecule has 1 unspecified atom stereocenters. The molecule has 0 aromatic carbocycles. The molecule has 1 rings (SSSR count). The molecule has 0 aliphatic heterocycles. The summed E-state index contributed by atoms with van der Waals surface area (Å²) in [5.41, 5.74) is 0. The topological polar surface area (TPSA) is 50.2 Å². The van der Waals surface area contributed by atoms with Gasteiger partial charge in [-0.05, 0) is 0 Å². The zero-order chi connectivity index (χ0) is 10.1. The van der Waals surface area contributed by atoms with Gasteiger partial charge in [-0.15, -0.1) is 11.3 Å². The minimum absolute atomic E-state index is 0.109. The zero-order valence-electron chi connectivity index (χ0n) is 6.08. The minimum atomic E-state index is -4.52. The van der Waals surface area contributed by atoms with Gasteiger partial charge in [-0.2, -0.15) is 13.2 Å². The number of hydrogen-bond acceptors (Lipinski definition) is 4. The molecule has 7 heteroatoms. The highest BCUT2D eigenvalue weighted by Gasteiger charge is 2.35. The van der Waals surface area contributed by atoms with Crippen molar-refractivity contribution in [3.05, 3.63) is 16.1 Å². The molecule has 0 spiro atoms. The minimum Gasteiger partial charge on any atom is -0.380 e. The molecule has 0 aliphatic carbocycles. The number of carbonyl (C=O) groups excluding carboxylic acids is 1. The second kappa shape index (κ2) is 3.43. The fourth-order valence-corrected chi connectivity index (χ4v) is 1.35. The van der Waals surface area contributed by atoms with Gasteiger partial charge in [0.1, 0.15) is 6.10 Å². The summed E-state index contributed by atoms with van der Waals surface area (Å²) in [6.07, 6.45) is -5.06. The van der Waals surface area contributed by atoms with Crippen LogP contribution in [0.1, 0.15) is 16.0 Å². The van der Waals surface area contributed by atoms with E-state index in [1.165, 1.54) is 0 Å². The molecule has 72 valence electrons. The van der Waals surface area contributed by atoms with Gasteiger partial charge < -0.3 is 9.90 Å². The van der Waals surface area contributed by atoms with Gasteiger partial charge >= 0.3 is 6.18 Å². The second-order valence-electron chi connectivity index (χ2n) is 2.15. The second-order valence-corrected chi connectivity index (χ2v) is 3.21. The number of aliphatic hydroxyl groups is 1. The highest BCUT2D eigenvalue weighted by molar-refractivity contribution is 7.11. The van der Waals surface area contributed by atoms with Crippen LogP contribution in [0.4, 0.5) is 13.2 Å². The van der Waals surface area contributed by atoms with Crippen molar-refractivity contribution in [2.24, 2.45) is 0 Å². The normalized spacial score (nSPS) is 14.2. The first kappa shape index (κ1) is 10.1. The molecule has 13 heavy (non-hydrogen) atoms. The van der Waals surface area contributed by atoms with Gasteiger partial charge in [-0.25, -0.2) is 4.98 Å². The van der Waals surface area contributed by atoms with E-state index in [2.05, 4.69) is 4.98 Å². The molecule has 1 atom stereocenters. The molecule has 1 aromatic heterocycles. The molecule has 1 aromatic rings. The third kappa shape index (κ3) is 2.25. The predicted molar refractivity (Wildman–Crippen MR) is 38.1 cm³/mol. The Hall–Kier alpha value is -0.950. The Morgan fingerprint density at radius 3 is 2.62 bits per heavy atom. The third-order valence-corrected chi connectivity index (χ3v) is 2.30. The Morgan fingerprint density at radius 1 is 1.62 bits per heavy atom. The molecule has 0 amide bonds. The quantitative estimate of drug-likeness (QED) is 0.752. The smallest absolute Gasteiger partial charge is 0.380 e. The summed E-state index contributed by atoms with van der Waals surface area (Å²) in [5.74, 6) is 0. The summed E-state index contributed by atoms with van der Waals surface area (Å²) in [6, 6.07) is 0. The summed E-state index contributed by atoms with van der Waals surface area (Å²) in [6.45, 7) is 0. The molecule has 0 fully saturated rings. The number of halogens is 3. The fourth-order valence-electron chi connectivity index (χ4n) is 0.621. The molecular weight excluding hydrogens is 207 g/mol. The van der Waals surface area contributed by atoms with E-state index in [0.29, 0.717) is 0 Å². The van der Waals surface area contributed by atoms with Crippen molar-refractivity contribution in [1.82, 2.24) is 4.98 Å². The van der Waals surface area contributed by atoms with Crippen LogP contribution in [0.5, 0.6) is 0 Å². The van der Waals surface area contributed by atoms with E-state index in [0.717, 1.165) is 6.20 Å². The lowest BCUT2D eigenvalue weighted by molar-refractivity contribution is -0.137. The van der Waals surface area contributed by atoms with Crippen molar-refractivity contribution >= 4 is 17.6 Å². The monoisotopic (exact) mass is 211 g/mol. The van der Waals surface area contributed by atoms with Crippen molar-refractivity contribution in [2.75, 3.05) is 0 Å². The third-order valence-electron chi connectivity index (χ3n) is 1.19. The number of aliphatic hydroxyl groups excluding tert-OH is 1. The molecular formula is C6H4F3NO2S. The molecule has 1 N–H and O–H groups in total. The Labute approximate surface area is 74.8 Å². The van der Waals surface area contributed by atoms with Crippen LogP contribution in [0.25, 0.3) is 0 Å². The number of alkyl halides is 3. The van der Waals surface area contributed by atoms with E-state index in [-0.39, 0.29) is 22.5 Å². The van der Waals surface area contributed by atoms with Crippen molar-refractivity contribution in [3.63, 3.8) is 0 Å². The Morgan fingerprint density at radius 2 is 2.23 bits per heavy atom.